The SMILES string of the molecule is C=CCN(CC(=O)O)C(C)(N)N.[H-].[Na+]. The Morgan fingerprint density at radius 3 is 2.46 bits per heavy atom. The molecule has 0 heterocycles. The van der Waals surface area contributed by atoms with Crippen molar-refractivity contribution in [2.24, 2.45) is 11.5 Å². The van der Waals surface area contributed by atoms with Gasteiger partial charge in [0.05, 0.1) is 6.54 Å². The Labute approximate surface area is 102 Å². The summed E-state index contributed by atoms with van der Waals surface area (Å²) >= 11 is 0. The normalized spacial score (nSPS) is 10.8. The van der Waals surface area contributed by atoms with Crippen LogP contribution in [0.3, 0.4) is 0 Å². The van der Waals surface area contributed by atoms with Crippen LogP contribution < -0.4 is 41.0 Å². The fourth-order valence-electron chi connectivity index (χ4n) is 0.751. The average Bonchev–Trinajstić information content (AvgIpc) is 1.83. The molecule has 0 spiro atoms. The Hall–Kier alpha value is 0.0900. The van der Waals surface area contributed by atoms with Crippen LogP contribution in [-0.4, -0.2) is 34.9 Å². The van der Waals surface area contributed by atoms with Crippen molar-refractivity contribution in [3.63, 3.8) is 0 Å². The number of hydrogen-bond donors (Lipinski definition) is 3. The smallest absolute Gasteiger partial charge is 1.00 e. The van der Waals surface area contributed by atoms with Gasteiger partial charge in [0.2, 0.25) is 0 Å². The van der Waals surface area contributed by atoms with Crippen LogP contribution in [0.5, 0.6) is 0 Å². The first-order valence-corrected chi connectivity index (χ1v) is 3.53. The van der Waals surface area contributed by atoms with Crippen LogP contribution in [0.15, 0.2) is 12.7 Å². The van der Waals surface area contributed by atoms with Gasteiger partial charge in [0.25, 0.3) is 0 Å². The van der Waals surface area contributed by atoms with Gasteiger partial charge in [-0.15, -0.1) is 6.58 Å². The molecular weight excluding hydrogens is 181 g/mol. The van der Waals surface area contributed by atoms with Gasteiger partial charge >= 0.3 is 35.5 Å². The number of aliphatic carboxylic acids is 1. The number of carboxylic acid groups (broad SMARTS) is 1. The Kier molecular flexibility index (Phi) is 7.81. The molecule has 0 aromatic rings. The van der Waals surface area contributed by atoms with E-state index in [-0.39, 0.29) is 37.5 Å². The summed E-state index contributed by atoms with van der Waals surface area (Å²) < 4.78 is 0. The molecule has 0 aliphatic heterocycles. The molecule has 5 N–H and O–H groups in total. The van der Waals surface area contributed by atoms with E-state index >= 15 is 0 Å². The molecule has 72 valence electrons. The molecule has 0 fully saturated rings. The summed E-state index contributed by atoms with van der Waals surface area (Å²) in [6.07, 6.45) is 1.56. The van der Waals surface area contributed by atoms with Crippen LogP contribution >= 0.6 is 0 Å². The van der Waals surface area contributed by atoms with E-state index in [0.29, 0.717) is 6.54 Å². The first-order chi connectivity index (χ1) is 5.38. The van der Waals surface area contributed by atoms with Crippen LogP contribution in [0.25, 0.3) is 0 Å². The maximum absolute atomic E-state index is 10.3. The maximum atomic E-state index is 10.3. The third-order valence-corrected chi connectivity index (χ3v) is 1.36. The molecule has 13 heavy (non-hydrogen) atoms. The first-order valence-electron chi connectivity index (χ1n) is 3.53. The molecule has 0 unspecified atom stereocenters. The number of rotatable bonds is 5. The van der Waals surface area contributed by atoms with E-state index < -0.39 is 11.8 Å². The summed E-state index contributed by atoms with van der Waals surface area (Å²) in [6, 6.07) is 0. The van der Waals surface area contributed by atoms with Gasteiger partial charge in [-0.05, 0) is 6.92 Å². The zero-order valence-electron chi connectivity index (χ0n) is 9.16. The van der Waals surface area contributed by atoms with Gasteiger partial charge in [-0.2, -0.15) is 0 Å². The zero-order valence-corrected chi connectivity index (χ0v) is 10.2. The minimum Gasteiger partial charge on any atom is -1.00 e. The van der Waals surface area contributed by atoms with E-state index in [9.17, 15) is 4.79 Å². The Morgan fingerprint density at radius 1 is 1.77 bits per heavy atom. The van der Waals surface area contributed by atoms with Crippen LogP contribution in [0.2, 0.25) is 0 Å². The number of nitrogens with zero attached hydrogens (tertiary/aromatic N) is 1. The van der Waals surface area contributed by atoms with Gasteiger partial charge < -0.3 is 18.0 Å². The van der Waals surface area contributed by atoms with Crippen LogP contribution in [0.4, 0.5) is 0 Å². The van der Waals surface area contributed by atoms with E-state index in [1.54, 1.807) is 13.0 Å². The molecule has 0 radical (unpaired) electrons. The number of carboxylic acids is 1. The van der Waals surface area contributed by atoms with Gasteiger partial charge in [0.1, 0.15) is 5.79 Å². The Bertz CT molecular complexity index is 184. The van der Waals surface area contributed by atoms with E-state index in [0.717, 1.165) is 0 Å². The molecule has 5 nitrogen and oxygen atoms in total. The van der Waals surface area contributed by atoms with Crippen molar-refractivity contribution >= 4 is 5.97 Å². The summed E-state index contributed by atoms with van der Waals surface area (Å²) in [4.78, 5) is 11.7. The van der Waals surface area contributed by atoms with Crippen molar-refractivity contribution in [3.8, 4) is 0 Å². The molecule has 0 saturated carbocycles. The number of nitrogens with two attached hydrogens (primary N) is 2. The zero-order chi connectivity index (χ0) is 9.78. The number of carbonyl (C=O) groups is 1. The van der Waals surface area contributed by atoms with E-state index in [2.05, 4.69) is 6.58 Å². The molecule has 0 atom stereocenters. The fourth-order valence-corrected chi connectivity index (χ4v) is 0.751. The van der Waals surface area contributed by atoms with Gasteiger partial charge in [0, 0.05) is 6.54 Å². The van der Waals surface area contributed by atoms with Gasteiger partial charge in [-0.25, -0.2) is 0 Å². The summed E-state index contributed by atoms with van der Waals surface area (Å²) in [5, 5.41) is 8.49. The Morgan fingerprint density at radius 2 is 2.23 bits per heavy atom. The molecule has 0 saturated heterocycles. The minimum atomic E-state index is -1.12. The van der Waals surface area contributed by atoms with Crippen LogP contribution in [-0.2, 0) is 4.79 Å². The summed E-state index contributed by atoms with van der Waals surface area (Å²) in [5.74, 6) is -2.08. The van der Waals surface area contributed by atoms with E-state index in [1.807, 2.05) is 0 Å². The molecule has 6 heteroatoms. The first kappa shape index (κ1) is 15.6. The maximum Gasteiger partial charge on any atom is 1.00 e. The quantitative estimate of drug-likeness (QED) is 0.239. The predicted octanol–water partition coefficient (Wildman–Crippen LogP) is -3.73. The summed E-state index contributed by atoms with van der Waals surface area (Å²) in [5.41, 5.74) is 11.0. The second-order valence-electron chi connectivity index (χ2n) is 2.79. The summed E-state index contributed by atoms with van der Waals surface area (Å²) in [6.45, 7) is 5.19. The van der Waals surface area contributed by atoms with Crippen LogP contribution in [0, 0.1) is 0 Å². The van der Waals surface area contributed by atoms with Crippen molar-refractivity contribution in [3.05, 3.63) is 12.7 Å². The minimum absolute atomic E-state index is 0. The number of hydrogen-bond acceptors (Lipinski definition) is 4. The molecule has 0 rings (SSSR count). The predicted molar refractivity (Wildman–Crippen MR) is 47.3 cm³/mol. The molecule has 0 bridgehead atoms. The Balaban J connectivity index is -0.000000605. The summed E-state index contributed by atoms with van der Waals surface area (Å²) in [7, 11) is 0. The fraction of sp³-hybridized carbons (Fsp3) is 0.571. The topological polar surface area (TPSA) is 92.6 Å². The standard InChI is InChI=1S/C7H15N3O2.Na.H/c1-3-4-10(5-6(11)12)7(2,8)9;;/h3H,1,4-5,8-9H2,2H3,(H,11,12);;/q;+1;-1. The van der Waals surface area contributed by atoms with Gasteiger partial charge in [-0.1, -0.05) is 6.08 Å². The molecule has 0 aliphatic rings. The van der Waals surface area contributed by atoms with Crippen LogP contribution in [0.1, 0.15) is 8.35 Å². The molecule has 0 amide bonds. The average molecular weight is 197 g/mol. The van der Waals surface area contributed by atoms with Crippen molar-refractivity contribution in [1.29, 1.82) is 0 Å². The monoisotopic (exact) mass is 197 g/mol. The van der Waals surface area contributed by atoms with Crippen molar-refractivity contribution in [2.45, 2.75) is 12.7 Å². The van der Waals surface area contributed by atoms with Crippen molar-refractivity contribution in [1.82, 2.24) is 4.90 Å². The third kappa shape index (κ3) is 7.18. The third-order valence-electron chi connectivity index (χ3n) is 1.36. The van der Waals surface area contributed by atoms with Gasteiger partial charge in [-0.3, -0.25) is 9.69 Å². The van der Waals surface area contributed by atoms with E-state index in [4.69, 9.17) is 16.6 Å². The molecule has 0 aliphatic carbocycles. The second kappa shape index (κ2) is 6.53. The molecular formula is C7H16N3NaO2. The van der Waals surface area contributed by atoms with Gasteiger partial charge in [0.15, 0.2) is 0 Å². The second-order valence-corrected chi connectivity index (χ2v) is 2.79. The largest absolute Gasteiger partial charge is 1.00 e. The molecule has 0 aromatic carbocycles. The van der Waals surface area contributed by atoms with E-state index in [1.165, 1.54) is 4.90 Å². The van der Waals surface area contributed by atoms with Crippen molar-refractivity contribution < 1.29 is 40.9 Å². The van der Waals surface area contributed by atoms with Crippen molar-refractivity contribution in [2.75, 3.05) is 13.1 Å². The molecule has 0 aromatic heterocycles.